The first-order valence-corrected chi connectivity index (χ1v) is 8.52. The van der Waals surface area contributed by atoms with Crippen molar-refractivity contribution in [3.8, 4) is 0 Å². The van der Waals surface area contributed by atoms with E-state index in [0.717, 1.165) is 25.9 Å². The van der Waals surface area contributed by atoms with Crippen molar-refractivity contribution in [2.45, 2.75) is 38.3 Å². The second-order valence-electron chi connectivity index (χ2n) is 6.34. The Morgan fingerprint density at radius 2 is 1.84 bits per heavy atom. The van der Waals surface area contributed by atoms with Gasteiger partial charge in [-0.2, -0.15) is 13.2 Å². The van der Waals surface area contributed by atoms with Crippen molar-refractivity contribution < 1.29 is 18.0 Å². The minimum Gasteiger partial charge on any atom is -0.343 e. The molecule has 1 aromatic rings. The first-order chi connectivity index (χ1) is 11.4. The Balaban J connectivity index is 0.00000312. The Kier molecular flexibility index (Phi) is 8.73. The van der Waals surface area contributed by atoms with E-state index in [0.29, 0.717) is 19.0 Å². The molecular formula is C18H26ClF3N2O. The van der Waals surface area contributed by atoms with Crippen LogP contribution in [0.1, 0.15) is 37.7 Å². The van der Waals surface area contributed by atoms with Crippen LogP contribution in [0.2, 0.25) is 0 Å². The van der Waals surface area contributed by atoms with Crippen LogP contribution in [0.15, 0.2) is 30.3 Å². The summed E-state index contributed by atoms with van der Waals surface area (Å²) in [7, 11) is 0. The lowest BCUT2D eigenvalue weighted by atomic mass is 9.92. The molecule has 1 heterocycles. The number of hydrogen-bond acceptors (Lipinski definition) is 2. The Morgan fingerprint density at radius 1 is 1.24 bits per heavy atom. The van der Waals surface area contributed by atoms with Crippen LogP contribution in [0.3, 0.4) is 0 Å². The van der Waals surface area contributed by atoms with Gasteiger partial charge in [0, 0.05) is 19.5 Å². The number of carbonyl (C=O) groups is 1. The highest BCUT2D eigenvalue weighted by atomic mass is 35.5. The van der Waals surface area contributed by atoms with E-state index < -0.39 is 24.4 Å². The molecule has 3 nitrogen and oxygen atoms in total. The third-order valence-corrected chi connectivity index (χ3v) is 4.63. The fourth-order valence-electron chi connectivity index (χ4n) is 3.15. The van der Waals surface area contributed by atoms with Gasteiger partial charge in [0.25, 0.3) is 0 Å². The lowest BCUT2D eigenvalue weighted by molar-refractivity contribution is -0.161. The molecule has 1 unspecified atom stereocenters. The van der Waals surface area contributed by atoms with Gasteiger partial charge in [-0.25, -0.2) is 0 Å². The molecule has 0 aliphatic carbocycles. The summed E-state index contributed by atoms with van der Waals surface area (Å²) in [4.78, 5) is 13.9. The number of halogens is 4. The Labute approximate surface area is 153 Å². The van der Waals surface area contributed by atoms with Gasteiger partial charge in [-0.1, -0.05) is 37.3 Å². The predicted molar refractivity (Wildman–Crippen MR) is 95.0 cm³/mol. The molecule has 2 rings (SSSR count). The van der Waals surface area contributed by atoms with Crippen molar-refractivity contribution in [1.29, 1.82) is 0 Å². The highest BCUT2D eigenvalue weighted by Gasteiger charge is 2.42. The molecule has 0 bridgehead atoms. The van der Waals surface area contributed by atoms with Gasteiger partial charge < -0.3 is 10.2 Å². The van der Waals surface area contributed by atoms with Gasteiger partial charge in [0.1, 0.15) is 0 Å². The summed E-state index contributed by atoms with van der Waals surface area (Å²) in [6.07, 6.45) is -3.23. The van der Waals surface area contributed by atoms with Crippen LogP contribution < -0.4 is 5.32 Å². The normalized spacial score (nSPS) is 17.0. The van der Waals surface area contributed by atoms with E-state index in [9.17, 15) is 18.0 Å². The zero-order valence-electron chi connectivity index (χ0n) is 14.4. The average molecular weight is 379 g/mol. The molecule has 1 aromatic carbocycles. The molecule has 1 aliphatic heterocycles. The summed E-state index contributed by atoms with van der Waals surface area (Å²) in [6.45, 7) is 4.96. The number of benzene rings is 1. The maximum absolute atomic E-state index is 13.4. The number of amides is 1. The van der Waals surface area contributed by atoms with Gasteiger partial charge in [-0.05, 0) is 37.4 Å². The summed E-state index contributed by atoms with van der Waals surface area (Å²) in [5, 5.41) is 3.28. The number of piperidine rings is 1. The van der Waals surface area contributed by atoms with E-state index >= 15 is 0 Å². The minimum atomic E-state index is -4.42. The molecule has 0 spiro atoms. The molecule has 0 aromatic heterocycles. The van der Waals surface area contributed by atoms with Gasteiger partial charge in [0.05, 0.1) is 5.92 Å². The summed E-state index contributed by atoms with van der Waals surface area (Å²) in [5.74, 6) is -1.63. The Hall–Kier alpha value is -1.27. The fourth-order valence-corrected chi connectivity index (χ4v) is 3.15. The summed E-state index contributed by atoms with van der Waals surface area (Å²) >= 11 is 0. The summed E-state index contributed by atoms with van der Waals surface area (Å²) < 4.78 is 40.1. The monoisotopic (exact) mass is 378 g/mol. The van der Waals surface area contributed by atoms with Crippen LogP contribution in [0.25, 0.3) is 0 Å². The second-order valence-corrected chi connectivity index (χ2v) is 6.34. The van der Waals surface area contributed by atoms with E-state index in [-0.39, 0.29) is 18.0 Å². The lowest BCUT2D eigenvalue weighted by Crippen LogP contribution is -2.42. The number of hydrogen-bond donors (Lipinski definition) is 1. The van der Waals surface area contributed by atoms with E-state index in [2.05, 4.69) is 5.32 Å². The van der Waals surface area contributed by atoms with Crippen molar-refractivity contribution in [2.24, 2.45) is 5.92 Å². The van der Waals surface area contributed by atoms with Crippen LogP contribution >= 0.6 is 12.4 Å². The van der Waals surface area contributed by atoms with E-state index in [1.54, 1.807) is 23.1 Å². The topological polar surface area (TPSA) is 32.3 Å². The van der Waals surface area contributed by atoms with Gasteiger partial charge >= 0.3 is 6.18 Å². The zero-order valence-corrected chi connectivity index (χ0v) is 15.2. The summed E-state index contributed by atoms with van der Waals surface area (Å²) in [6, 6.07) is 7.70. The van der Waals surface area contributed by atoms with E-state index in [4.69, 9.17) is 0 Å². The SMILES string of the molecule is CCNCC1CCN(C(=O)CC(c2ccccc2)C(F)(F)F)CC1.Cl. The quantitative estimate of drug-likeness (QED) is 0.811. The molecule has 1 atom stereocenters. The van der Waals surface area contributed by atoms with Gasteiger partial charge in [0.15, 0.2) is 0 Å². The third-order valence-electron chi connectivity index (χ3n) is 4.63. The Morgan fingerprint density at radius 3 is 2.36 bits per heavy atom. The molecule has 0 radical (unpaired) electrons. The molecule has 1 saturated heterocycles. The third kappa shape index (κ3) is 6.51. The maximum Gasteiger partial charge on any atom is 0.396 e. The van der Waals surface area contributed by atoms with E-state index in [1.165, 1.54) is 12.1 Å². The van der Waals surface area contributed by atoms with Crippen molar-refractivity contribution >= 4 is 18.3 Å². The van der Waals surface area contributed by atoms with Crippen molar-refractivity contribution in [3.05, 3.63) is 35.9 Å². The molecule has 1 N–H and O–H groups in total. The molecule has 7 heteroatoms. The van der Waals surface area contributed by atoms with Crippen molar-refractivity contribution in [3.63, 3.8) is 0 Å². The van der Waals surface area contributed by atoms with E-state index in [1.807, 2.05) is 6.92 Å². The van der Waals surface area contributed by atoms with Gasteiger partial charge in [-0.3, -0.25) is 4.79 Å². The summed E-state index contributed by atoms with van der Waals surface area (Å²) in [5.41, 5.74) is 0.153. The molecule has 25 heavy (non-hydrogen) atoms. The van der Waals surface area contributed by atoms with Gasteiger partial charge in [-0.15, -0.1) is 12.4 Å². The largest absolute Gasteiger partial charge is 0.396 e. The van der Waals surface area contributed by atoms with Gasteiger partial charge in [0.2, 0.25) is 5.91 Å². The number of nitrogens with zero attached hydrogens (tertiary/aromatic N) is 1. The van der Waals surface area contributed by atoms with Crippen molar-refractivity contribution in [2.75, 3.05) is 26.2 Å². The van der Waals surface area contributed by atoms with Crippen LogP contribution in [-0.4, -0.2) is 43.2 Å². The second kappa shape index (κ2) is 10.0. The molecular weight excluding hydrogens is 353 g/mol. The minimum absolute atomic E-state index is 0. The highest BCUT2D eigenvalue weighted by molar-refractivity contribution is 5.85. The number of likely N-dealkylation sites (tertiary alicyclic amines) is 1. The fraction of sp³-hybridized carbons (Fsp3) is 0.611. The highest BCUT2D eigenvalue weighted by Crippen LogP contribution is 2.38. The first-order valence-electron chi connectivity index (χ1n) is 8.52. The van der Waals surface area contributed by atoms with Crippen LogP contribution in [0.4, 0.5) is 13.2 Å². The van der Waals surface area contributed by atoms with Crippen LogP contribution in [-0.2, 0) is 4.79 Å². The molecule has 1 aliphatic rings. The lowest BCUT2D eigenvalue weighted by Gasteiger charge is -2.33. The van der Waals surface area contributed by atoms with Crippen molar-refractivity contribution in [1.82, 2.24) is 10.2 Å². The first kappa shape index (κ1) is 21.8. The number of nitrogens with one attached hydrogen (secondary N) is 1. The maximum atomic E-state index is 13.4. The number of carbonyl (C=O) groups excluding carboxylic acids is 1. The molecule has 1 amide bonds. The number of rotatable bonds is 6. The molecule has 1 fully saturated rings. The average Bonchev–Trinajstić information content (AvgIpc) is 2.58. The number of alkyl halides is 3. The van der Waals surface area contributed by atoms with Crippen LogP contribution in [0, 0.1) is 5.92 Å². The zero-order chi connectivity index (χ0) is 17.6. The van der Waals surface area contributed by atoms with Crippen LogP contribution in [0.5, 0.6) is 0 Å². The molecule has 142 valence electrons. The Bertz CT molecular complexity index is 517. The smallest absolute Gasteiger partial charge is 0.343 e. The molecule has 0 saturated carbocycles. The standard InChI is InChI=1S/C18H25F3N2O.ClH/c1-2-22-13-14-8-10-23(11-9-14)17(24)12-16(18(19,20)21)15-6-4-3-5-7-15;/h3-7,14,16,22H,2,8-13H2,1H3;1H. The predicted octanol–water partition coefficient (Wildman–Crippen LogP) is 3.99.